The number of hydrogen-bond donors (Lipinski definition) is 1. The summed E-state index contributed by atoms with van der Waals surface area (Å²) in [7, 11) is 1.82. The van der Waals surface area contributed by atoms with Gasteiger partial charge in [-0.1, -0.05) is 35.9 Å². The van der Waals surface area contributed by atoms with Crippen LogP contribution in [0, 0.1) is 0 Å². The van der Waals surface area contributed by atoms with Crippen molar-refractivity contribution in [1.29, 1.82) is 0 Å². The van der Waals surface area contributed by atoms with E-state index in [0.717, 1.165) is 11.1 Å². The summed E-state index contributed by atoms with van der Waals surface area (Å²) >= 11 is 5.83. The molecular formula is C18H15ClN2O2. The number of carbonyl (C=O) groups is 1. The van der Waals surface area contributed by atoms with Crippen LogP contribution >= 0.6 is 11.6 Å². The fourth-order valence-electron chi connectivity index (χ4n) is 2.48. The Morgan fingerprint density at radius 3 is 2.57 bits per heavy atom. The van der Waals surface area contributed by atoms with Crippen molar-refractivity contribution in [1.82, 2.24) is 9.88 Å². The molecule has 1 amide bonds. The maximum atomic E-state index is 12.5. The summed E-state index contributed by atoms with van der Waals surface area (Å²) in [5, 5.41) is 3.95. The molecule has 0 atom stereocenters. The van der Waals surface area contributed by atoms with Crippen molar-refractivity contribution >= 4 is 28.4 Å². The number of pyridine rings is 1. The number of fused-ring (bicyclic) bond motifs is 1. The molecule has 0 fully saturated rings. The van der Waals surface area contributed by atoms with E-state index in [9.17, 15) is 9.59 Å². The number of para-hydroxylation sites is 1. The lowest BCUT2D eigenvalue weighted by Crippen LogP contribution is -2.29. The van der Waals surface area contributed by atoms with E-state index in [4.69, 9.17) is 11.6 Å². The van der Waals surface area contributed by atoms with Crippen LogP contribution in [0.25, 0.3) is 10.9 Å². The topological polar surface area (TPSA) is 51.1 Å². The van der Waals surface area contributed by atoms with E-state index in [1.807, 2.05) is 31.3 Å². The highest BCUT2D eigenvalue weighted by molar-refractivity contribution is 6.30. The summed E-state index contributed by atoms with van der Waals surface area (Å²) in [6, 6.07) is 14.4. The van der Waals surface area contributed by atoms with Gasteiger partial charge in [-0.2, -0.15) is 0 Å². The van der Waals surface area contributed by atoms with Crippen molar-refractivity contribution in [2.75, 3.05) is 0 Å². The monoisotopic (exact) mass is 326 g/mol. The molecule has 0 bridgehead atoms. The van der Waals surface area contributed by atoms with Crippen molar-refractivity contribution < 1.29 is 4.79 Å². The second-order valence-corrected chi connectivity index (χ2v) is 5.75. The predicted molar refractivity (Wildman–Crippen MR) is 91.8 cm³/mol. The molecule has 0 saturated heterocycles. The maximum Gasteiger partial charge on any atom is 0.257 e. The third-order valence-electron chi connectivity index (χ3n) is 3.71. The van der Waals surface area contributed by atoms with Crippen LogP contribution in [0.2, 0.25) is 5.02 Å². The average molecular weight is 327 g/mol. The van der Waals surface area contributed by atoms with Gasteiger partial charge >= 0.3 is 0 Å². The van der Waals surface area contributed by atoms with E-state index in [2.05, 4.69) is 5.32 Å². The first-order valence-corrected chi connectivity index (χ1v) is 7.55. The third-order valence-corrected chi connectivity index (χ3v) is 3.96. The predicted octanol–water partition coefficient (Wildman–Crippen LogP) is 3.12. The van der Waals surface area contributed by atoms with E-state index < -0.39 is 0 Å². The highest BCUT2D eigenvalue weighted by Gasteiger charge is 2.13. The van der Waals surface area contributed by atoms with Gasteiger partial charge in [0, 0.05) is 30.2 Å². The van der Waals surface area contributed by atoms with Gasteiger partial charge in [0.05, 0.1) is 5.52 Å². The first kappa shape index (κ1) is 15.3. The van der Waals surface area contributed by atoms with E-state index in [-0.39, 0.29) is 16.9 Å². The van der Waals surface area contributed by atoms with Gasteiger partial charge in [0.1, 0.15) is 5.56 Å². The molecule has 1 aromatic heterocycles. The van der Waals surface area contributed by atoms with Crippen LogP contribution < -0.4 is 10.7 Å². The van der Waals surface area contributed by atoms with E-state index >= 15 is 0 Å². The number of hydrogen-bond acceptors (Lipinski definition) is 2. The van der Waals surface area contributed by atoms with Gasteiger partial charge < -0.3 is 9.88 Å². The van der Waals surface area contributed by atoms with Crippen LogP contribution in [0.15, 0.2) is 59.5 Å². The van der Waals surface area contributed by atoms with E-state index in [1.165, 1.54) is 0 Å². The summed E-state index contributed by atoms with van der Waals surface area (Å²) in [6.45, 7) is 0.339. The number of aromatic nitrogens is 1. The smallest absolute Gasteiger partial charge is 0.257 e. The van der Waals surface area contributed by atoms with Gasteiger partial charge in [0.25, 0.3) is 5.91 Å². The van der Waals surface area contributed by atoms with Crippen LogP contribution in [0.1, 0.15) is 15.9 Å². The second-order valence-electron chi connectivity index (χ2n) is 5.31. The Labute approximate surface area is 138 Å². The minimum Gasteiger partial charge on any atom is -0.350 e. The van der Waals surface area contributed by atoms with Crippen LogP contribution in [0.4, 0.5) is 0 Å². The molecule has 1 heterocycles. The minimum absolute atomic E-state index is 0.139. The summed E-state index contributed by atoms with van der Waals surface area (Å²) in [5.74, 6) is -0.383. The van der Waals surface area contributed by atoms with Gasteiger partial charge in [0.15, 0.2) is 0 Å². The van der Waals surface area contributed by atoms with Gasteiger partial charge in [-0.25, -0.2) is 0 Å². The van der Waals surface area contributed by atoms with Crippen molar-refractivity contribution in [2.45, 2.75) is 6.54 Å². The van der Waals surface area contributed by atoms with Gasteiger partial charge in [-0.05, 0) is 29.8 Å². The average Bonchev–Trinajstić information content (AvgIpc) is 2.57. The molecule has 3 aromatic rings. The lowest BCUT2D eigenvalue weighted by atomic mass is 10.1. The first-order valence-electron chi connectivity index (χ1n) is 7.17. The Morgan fingerprint density at radius 2 is 1.83 bits per heavy atom. The molecule has 0 aliphatic heterocycles. The maximum absolute atomic E-state index is 12.5. The molecule has 2 aromatic carbocycles. The van der Waals surface area contributed by atoms with Crippen molar-refractivity contribution in [3.63, 3.8) is 0 Å². The van der Waals surface area contributed by atoms with Crippen LogP contribution in [0.3, 0.4) is 0 Å². The number of halogens is 1. The highest BCUT2D eigenvalue weighted by Crippen LogP contribution is 2.11. The fourth-order valence-corrected chi connectivity index (χ4v) is 2.61. The highest BCUT2D eigenvalue weighted by atomic mass is 35.5. The van der Waals surface area contributed by atoms with E-state index in [1.54, 1.807) is 35.0 Å². The first-order chi connectivity index (χ1) is 11.1. The summed E-state index contributed by atoms with van der Waals surface area (Å²) < 4.78 is 1.79. The molecule has 0 spiro atoms. The molecular weight excluding hydrogens is 312 g/mol. The number of nitrogens with zero attached hydrogens (tertiary/aromatic N) is 1. The number of amides is 1. The number of nitrogens with one attached hydrogen (secondary N) is 1. The van der Waals surface area contributed by atoms with Crippen LogP contribution in [-0.2, 0) is 13.6 Å². The Morgan fingerprint density at radius 1 is 1.13 bits per heavy atom. The number of benzene rings is 2. The van der Waals surface area contributed by atoms with Gasteiger partial charge in [-0.3, -0.25) is 9.59 Å². The van der Waals surface area contributed by atoms with Crippen molar-refractivity contribution in [3.05, 3.63) is 81.1 Å². The summed E-state index contributed by atoms with van der Waals surface area (Å²) in [5.41, 5.74) is 1.60. The zero-order valence-electron chi connectivity index (χ0n) is 12.5. The number of carbonyl (C=O) groups excluding carboxylic acids is 1. The van der Waals surface area contributed by atoms with Gasteiger partial charge in [-0.15, -0.1) is 0 Å². The minimum atomic E-state index is -0.383. The molecule has 0 aliphatic rings. The molecule has 116 valence electrons. The Kier molecular flexibility index (Phi) is 4.17. The van der Waals surface area contributed by atoms with Crippen LogP contribution in [0.5, 0.6) is 0 Å². The molecule has 0 radical (unpaired) electrons. The molecule has 5 heteroatoms. The Balaban J connectivity index is 1.88. The second kappa shape index (κ2) is 6.26. The molecule has 3 rings (SSSR count). The summed E-state index contributed by atoms with van der Waals surface area (Å²) in [6.07, 6.45) is 1.57. The van der Waals surface area contributed by atoms with Gasteiger partial charge in [0.2, 0.25) is 5.43 Å². The zero-order chi connectivity index (χ0) is 16.4. The summed E-state index contributed by atoms with van der Waals surface area (Å²) in [4.78, 5) is 24.8. The largest absolute Gasteiger partial charge is 0.350 e. The number of rotatable bonds is 3. The van der Waals surface area contributed by atoms with E-state index in [0.29, 0.717) is 17.0 Å². The molecule has 0 aliphatic carbocycles. The molecule has 23 heavy (non-hydrogen) atoms. The lowest BCUT2D eigenvalue weighted by Gasteiger charge is -2.09. The van der Waals surface area contributed by atoms with Crippen molar-refractivity contribution in [3.8, 4) is 0 Å². The number of aryl methyl sites for hydroxylation is 1. The molecule has 0 unspecified atom stereocenters. The zero-order valence-corrected chi connectivity index (χ0v) is 13.3. The van der Waals surface area contributed by atoms with Crippen molar-refractivity contribution in [2.24, 2.45) is 7.05 Å². The molecule has 0 saturated carbocycles. The van der Waals surface area contributed by atoms with Crippen LogP contribution in [-0.4, -0.2) is 10.5 Å². The standard InChI is InChI=1S/C18H15ClN2O2/c1-21-11-15(17(22)14-4-2-3-5-16(14)21)18(23)20-10-12-6-8-13(19)9-7-12/h2-9,11H,10H2,1H3,(H,20,23). The quantitative estimate of drug-likeness (QED) is 0.804. The lowest BCUT2D eigenvalue weighted by molar-refractivity contribution is 0.0949. The SMILES string of the molecule is Cn1cc(C(=O)NCc2ccc(Cl)cc2)c(=O)c2ccccc21. The molecule has 1 N–H and O–H groups in total. The Bertz CT molecular complexity index is 930. The normalized spacial score (nSPS) is 10.7. The molecule has 4 nitrogen and oxygen atoms in total. The Hall–Kier alpha value is -2.59. The third kappa shape index (κ3) is 3.12. The fraction of sp³-hybridized carbons (Fsp3) is 0.111.